The number of carbonyl (C=O) groups is 1. The van der Waals surface area contributed by atoms with Crippen molar-refractivity contribution in [1.29, 1.82) is 0 Å². The minimum absolute atomic E-state index is 0.0607. The minimum atomic E-state index is -0.0607. The van der Waals surface area contributed by atoms with Crippen molar-refractivity contribution in [2.45, 2.75) is 19.8 Å². The predicted octanol–water partition coefficient (Wildman–Crippen LogP) is 2.86. The zero-order valence-electron chi connectivity index (χ0n) is 12.9. The lowest BCUT2D eigenvalue weighted by Gasteiger charge is -2.06. The topological polar surface area (TPSA) is 59.8 Å². The monoisotopic (exact) mass is 326 g/mol. The van der Waals surface area contributed by atoms with Gasteiger partial charge in [-0.25, -0.2) is 9.97 Å². The summed E-state index contributed by atoms with van der Waals surface area (Å²) in [5.74, 6) is -0.0607. The van der Waals surface area contributed by atoms with Crippen molar-refractivity contribution in [2.75, 3.05) is 6.54 Å². The average molecular weight is 326 g/mol. The van der Waals surface area contributed by atoms with Crippen molar-refractivity contribution in [3.63, 3.8) is 0 Å². The SMILES string of the molecule is CCc1cnc(CCNC(=O)c2ccc(-n3ccnc3)cc2)s1. The molecular weight excluding hydrogens is 308 g/mol. The smallest absolute Gasteiger partial charge is 0.251 e. The third-order valence-electron chi connectivity index (χ3n) is 3.51. The average Bonchev–Trinajstić information content (AvgIpc) is 3.26. The van der Waals surface area contributed by atoms with E-state index in [-0.39, 0.29) is 5.91 Å². The molecule has 0 aliphatic rings. The van der Waals surface area contributed by atoms with Crippen molar-refractivity contribution in [1.82, 2.24) is 19.9 Å². The number of nitrogens with zero attached hydrogens (tertiary/aromatic N) is 3. The van der Waals surface area contributed by atoms with Crippen LogP contribution in [0.4, 0.5) is 0 Å². The molecule has 2 heterocycles. The Labute approximate surface area is 139 Å². The van der Waals surface area contributed by atoms with Gasteiger partial charge in [0.2, 0.25) is 0 Å². The van der Waals surface area contributed by atoms with Crippen LogP contribution in [-0.2, 0) is 12.8 Å². The lowest BCUT2D eigenvalue weighted by atomic mass is 10.2. The standard InChI is InChI=1S/C17H18N4OS/c1-2-15-11-20-16(23-15)7-8-19-17(22)13-3-5-14(6-4-13)21-10-9-18-12-21/h3-6,9-12H,2,7-8H2,1H3,(H,19,22). The number of rotatable bonds is 6. The molecule has 3 aromatic rings. The molecule has 0 unspecified atom stereocenters. The summed E-state index contributed by atoms with van der Waals surface area (Å²) in [6.45, 7) is 2.71. The fraction of sp³-hybridized carbons (Fsp3) is 0.235. The molecule has 1 amide bonds. The van der Waals surface area contributed by atoms with Gasteiger partial charge >= 0.3 is 0 Å². The summed E-state index contributed by atoms with van der Waals surface area (Å²) >= 11 is 1.71. The third-order valence-corrected chi connectivity index (χ3v) is 4.71. The van der Waals surface area contributed by atoms with Crippen molar-refractivity contribution >= 4 is 17.2 Å². The first-order chi connectivity index (χ1) is 11.3. The molecule has 5 nitrogen and oxygen atoms in total. The van der Waals surface area contributed by atoms with Gasteiger partial charge in [0.1, 0.15) is 0 Å². The van der Waals surface area contributed by atoms with E-state index < -0.39 is 0 Å². The lowest BCUT2D eigenvalue weighted by Crippen LogP contribution is -2.25. The van der Waals surface area contributed by atoms with E-state index in [1.807, 2.05) is 41.2 Å². The van der Waals surface area contributed by atoms with Gasteiger partial charge in [-0.2, -0.15) is 0 Å². The quantitative estimate of drug-likeness (QED) is 0.758. The maximum atomic E-state index is 12.1. The van der Waals surface area contributed by atoms with E-state index in [1.54, 1.807) is 23.9 Å². The molecule has 23 heavy (non-hydrogen) atoms. The molecule has 0 bridgehead atoms. The first kappa shape index (κ1) is 15.4. The maximum Gasteiger partial charge on any atom is 0.251 e. The normalized spacial score (nSPS) is 10.7. The Morgan fingerprint density at radius 3 is 2.78 bits per heavy atom. The highest BCUT2D eigenvalue weighted by molar-refractivity contribution is 7.11. The number of benzene rings is 1. The maximum absolute atomic E-state index is 12.1. The van der Waals surface area contributed by atoms with E-state index in [1.165, 1.54) is 4.88 Å². The van der Waals surface area contributed by atoms with Gasteiger partial charge in [-0.05, 0) is 30.7 Å². The Kier molecular flexibility index (Phi) is 4.83. The van der Waals surface area contributed by atoms with Crippen LogP contribution in [0.5, 0.6) is 0 Å². The van der Waals surface area contributed by atoms with Crippen LogP contribution >= 0.6 is 11.3 Å². The Hall–Kier alpha value is -2.47. The van der Waals surface area contributed by atoms with Gasteiger partial charge < -0.3 is 9.88 Å². The Morgan fingerprint density at radius 2 is 2.13 bits per heavy atom. The first-order valence-corrected chi connectivity index (χ1v) is 8.38. The number of imidazole rings is 1. The molecule has 1 aromatic carbocycles. The minimum Gasteiger partial charge on any atom is -0.352 e. The van der Waals surface area contributed by atoms with Crippen LogP contribution in [-0.4, -0.2) is 27.0 Å². The number of amides is 1. The summed E-state index contributed by atoms with van der Waals surface area (Å²) < 4.78 is 1.90. The van der Waals surface area contributed by atoms with Gasteiger partial charge in [0.05, 0.1) is 11.3 Å². The fourth-order valence-electron chi connectivity index (χ4n) is 2.21. The third kappa shape index (κ3) is 3.84. The van der Waals surface area contributed by atoms with Gasteiger partial charge in [0.25, 0.3) is 5.91 Å². The molecule has 0 saturated heterocycles. The van der Waals surface area contributed by atoms with E-state index in [0.717, 1.165) is 23.5 Å². The molecule has 1 N–H and O–H groups in total. The molecule has 118 valence electrons. The second-order valence-electron chi connectivity index (χ2n) is 5.10. The first-order valence-electron chi connectivity index (χ1n) is 7.56. The second kappa shape index (κ2) is 7.19. The summed E-state index contributed by atoms with van der Waals surface area (Å²) in [4.78, 5) is 21.8. The number of nitrogens with one attached hydrogen (secondary N) is 1. The Bertz CT molecular complexity index is 762. The number of thiazole rings is 1. The van der Waals surface area contributed by atoms with Gasteiger partial charge in [-0.15, -0.1) is 11.3 Å². The van der Waals surface area contributed by atoms with Crippen LogP contribution < -0.4 is 5.32 Å². The van der Waals surface area contributed by atoms with Crippen molar-refractivity contribution in [3.05, 3.63) is 64.6 Å². The Balaban J connectivity index is 1.53. The van der Waals surface area contributed by atoms with Crippen LogP contribution in [0.3, 0.4) is 0 Å². The molecule has 3 rings (SSSR count). The Morgan fingerprint density at radius 1 is 1.30 bits per heavy atom. The van der Waals surface area contributed by atoms with Gasteiger partial charge in [-0.3, -0.25) is 4.79 Å². The van der Waals surface area contributed by atoms with Crippen molar-refractivity contribution in [2.24, 2.45) is 0 Å². The van der Waals surface area contributed by atoms with Crippen LogP contribution in [0.1, 0.15) is 27.2 Å². The highest BCUT2D eigenvalue weighted by Gasteiger charge is 2.06. The summed E-state index contributed by atoms with van der Waals surface area (Å²) in [5.41, 5.74) is 1.64. The van der Waals surface area contributed by atoms with Crippen LogP contribution in [0, 0.1) is 0 Å². The van der Waals surface area contributed by atoms with Crippen LogP contribution in [0.25, 0.3) is 5.69 Å². The van der Waals surface area contributed by atoms with Gasteiger partial charge in [-0.1, -0.05) is 6.92 Å². The highest BCUT2D eigenvalue weighted by atomic mass is 32.1. The summed E-state index contributed by atoms with van der Waals surface area (Å²) in [7, 11) is 0. The molecule has 2 aromatic heterocycles. The highest BCUT2D eigenvalue weighted by Crippen LogP contribution is 2.13. The summed E-state index contributed by atoms with van der Waals surface area (Å²) in [6, 6.07) is 7.46. The van der Waals surface area contributed by atoms with E-state index in [2.05, 4.69) is 22.2 Å². The van der Waals surface area contributed by atoms with Crippen LogP contribution in [0.2, 0.25) is 0 Å². The molecule has 0 fully saturated rings. The van der Waals surface area contributed by atoms with Gasteiger partial charge in [0, 0.05) is 47.7 Å². The molecule has 0 atom stereocenters. The molecule has 0 aliphatic carbocycles. The van der Waals surface area contributed by atoms with Crippen molar-refractivity contribution < 1.29 is 4.79 Å². The molecule has 0 radical (unpaired) electrons. The number of aryl methyl sites for hydroxylation is 1. The summed E-state index contributed by atoms with van der Waals surface area (Å²) in [6.07, 6.45) is 9.01. The molecule has 6 heteroatoms. The number of carbonyl (C=O) groups excluding carboxylic acids is 1. The van der Waals surface area contributed by atoms with Crippen LogP contribution in [0.15, 0.2) is 49.2 Å². The van der Waals surface area contributed by atoms with E-state index in [9.17, 15) is 4.79 Å². The molecule has 0 spiro atoms. The predicted molar refractivity (Wildman–Crippen MR) is 91.1 cm³/mol. The fourth-order valence-corrected chi connectivity index (χ4v) is 3.07. The second-order valence-corrected chi connectivity index (χ2v) is 6.30. The van der Waals surface area contributed by atoms with E-state index >= 15 is 0 Å². The number of aromatic nitrogens is 3. The largest absolute Gasteiger partial charge is 0.352 e. The zero-order valence-corrected chi connectivity index (χ0v) is 13.7. The molecule has 0 saturated carbocycles. The zero-order chi connectivity index (χ0) is 16.1. The van der Waals surface area contributed by atoms with E-state index in [4.69, 9.17) is 0 Å². The van der Waals surface area contributed by atoms with E-state index in [0.29, 0.717) is 12.1 Å². The molecular formula is C17H18N4OS. The van der Waals surface area contributed by atoms with Crippen molar-refractivity contribution in [3.8, 4) is 5.69 Å². The lowest BCUT2D eigenvalue weighted by molar-refractivity contribution is 0.0954. The number of hydrogen-bond donors (Lipinski definition) is 1. The van der Waals surface area contributed by atoms with Gasteiger partial charge in [0.15, 0.2) is 0 Å². The number of hydrogen-bond acceptors (Lipinski definition) is 4. The molecule has 0 aliphatic heterocycles. The summed E-state index contributed by atoms with van der Waals surface area (Å²) in [5, 5.41) is 4.00.